The molecule has 1 saturated heterocycles. The van der Waals surface area contributed by atoms with Gasteiger partial charge in [0, 0.05) is 38.3 Å². The van der Waals surface area contributed by atoms with Crippen molar-refractivity contribution in [3.05, 3.63) is 53.3 Å². The smallest absolute Gasteiger partial charge is 0.225 e. The number of aryl methyl sites for hydroxylation is 3. The van der Waals surface area contributed by atoms with Gasteiger partial charge in [0.25, 0.3) is 0 Å². The highest BCUT2D eigenvalue weighted by atomic mass is 16.2. The predicted octanol–water partition coefficient (Wildman–Crippen LogP) is 2.10. The van der Waals surface area contributed by atoms with Gasteiger partial charge < -0.3 is 10.2 Å². The first-order chi connectivity index (χ1) is 13.0. The van der Waals surface area contributed by atoms with Crippen molar-refractivity contribution in [2.45, 2.75) is 39.7 Å². The van der Waals surface area contributed by atoms with Crippen molar-refractivity contribution in [3.63, 3.8) is 0 Å². The van der Waals surface area contributed by atoms with E-state index in [9.17, 15) is 9.59 Å². The van der Waals surface area contributed by atoms with Crippen molar-refractivity contribution in [1.82, 2.24) is 20.0 Å². The van der Waals surface area contributed by atoms with Gasteiger partial charge in [-0.1, -0.05) is 30.3 Å². The maximum atomic E-state index is 12.4. The summed E-state index contributed by atoms with van der Waals surface area (Å²) in [6.07, 6.45) is 1.97. The first kappa shape index (κ1) is 19.1. The molecule has 6 nitrogen and oxygen atoms in total. The van der Waals surface area contributed by atoms with Crippen molar-refractivity contribution in [3.8, 4) is 0 Å². The fraction of sp³-hybridized carbons (Fsp3) is 0.476. The Morgan fingerprint density at radius 3 is 2.70 bits per heavy atom. The normalized spacial score (nSPS) is 16.7. The molecule has 3 rings (SSSR count). The first-order valence-electron chi connectivity index (χ1n) is 9.63. The van der Waals surface area contributed by atoms with Gasteiger partial charge in [0.2, 0.25) is 11.8 Å². The average molecular weight is 368 g/mol. The molecule has 0 spiro atoms. The number of hydrogen-bond donors (Lipinski definition) is 1. The van der Waals surface area contributed by atoms with Gasteiger partial charge in [-0.05, 0) is 38.3 Å². The van der Waals surface area contributed by atoms with Crippen LogP contribution in [0.15, 0.2) is 36.4 Å². The molecular formula is C21H28N4O2. The second-order valence-corrected chi connectivity index (χ2v) is 7.27. The van der Waals surface area contributed by atoms with E-state index < -0.39 is 0 Å². The number of amides is 2. The molecule has 0 saturated carbocycles. The predicted molar refractivity (Wildman–Crippen MR) is 104 cm³/mol. The lowest BCUT2D eigenvalue weighted by Gasteiger charge is -2.16. The average Bonchev–Trinajstić information content (AvgIpc) is 3.19. The Morgan fingerprint density at radius 2 is 2.00 bits per heavy atom. The highest BCUT2D eigenvalue weighted by molar-refractivity contribution is 5.89. The number of carbonyl (C=O) groups excluding carboxylic acids is 2. The summed E-state index contributed by atoms with van der Waals surface area (Å²) in [5.74, 6) is -0.172. The van der Waals surface area contributed by atoms with Gasteiger partial charge >= 0.3 is 0 Å². The van der Waals surface area contributed by atoms with Crippen LogP contribution in [-0.4, -0.2) is 46.1 Å². The third kappa shape index (κ3) is 5.18. The van der Waals surface area contributed by atoms with Crippen LogP contribution in [0, 0.1) is 19.8 Å². The van der Waals surface area contributed by atoms with E-state index in [1.54, 1.807) is 0 Å². The Morgan fingerprint density at radius 1 is 1.22 bits per heavy atom. The molecule has 1 N–H and O–H groups in total. The SMILES string of the molecule is Cc1cc(C)n(CCCNC(=O)[C@@H]2CC(=O)N(CCc3ccccc3)C2)n1. The van der Waals surface area contributed by atoms with Gasteiger partial charge in [0.05, 0.1) is 11.6 Å². The Balaban J connectivity index is 1.39. The van der Waals surface area contributed by atoms with E-state index in [4.69, 9.17) is 0 Å². The van der Waals surface area contributed by atoms with Crippen molar-refractivity contribution < 1.29 is 9.59 Å². The van der Waals surface area contributed by atoms with Gasteiger partial charge in [0.15, 0.2) is 0 Å². The van der Waals surface area contributed by atoms with Crippen LogP contribution in [0.3, 0.4) is 0 Å². The van der Waals surface area contributed by atoms with Crippen LogP contribution in [0.2, 0.25) is 0 Å². The zero-order valence-corrected chi connectivity index (χ0v) is 16.1. The van der Waals surface area contributed by atoms with Crippen LogP contribution < -0.4 is 5.32 Å². The molecule has 2 heterocycles. The Kier molecular flexibility index (Phi) is 6.27. The van der Waals surface area contributed by atoms with E-state index in [-0.39, 0.29) is 17.7 Å². The molecule has 0 radical (unpaired) electrons. The van der Waals surface area contributed by atoms with Gasteiger partial charge in [-0.15, -0.1) is 0 Å². The topological polar surface area (TPSA) is 67.2 Å². The molecule has 0 unspecified atom stereocenters. The zero-order chi connectivity index (χ0) is 19.2. The molecule has 0 bridgehead atoms. The Bertz CT molecular complexity index is 785. The largest absolute Gasteiger partial charge is 0.356 e. The summed E-state index contributed by atoms with van der Waals surface area (Å²) in [7, 11) is 0. The maximum absolute atomic E-state index is 12.4. The molecule has 1 aromatic carbocycles. The zero-order valence-electron chi connectivity index (χ0n) is 16.1. The summed E-state index contributed by atoms with van der Waals surface area (Å²) in [4.78, 5) is 26.4. The number of aromatic nitrogens is 2. The van der Waals surface area contributed by atoms with Crippen LogP contribution in [0.4, 0.5) is 0 Å². The molecule has 27 heavy (non-hydrogen) atoms. The third-order valence-corrected chi connectivity index (χ3v) is 5.05. The number of rotatable bonds is 8. The highest BCUT2D eigenvalue weighted by Gasteiger charge is 2.33. The van der Waals surface area contributed by atoms with E-state index in [2.05, 4.69) is 22.5 Å². The van der Waals surface area contributed by atoms with Gasteiger partial charge in [0.1, 0.15) is 0 Å². The summed E-state index contributed by atoms with van der Waals surface area (Å²) < 4.78 is 1.96. The molecule has 6 heteroatoms. The van der Waals surface area contributed by atoms with Gasteiger partial charge in [-0.25, -0.2) is 0 Å². The van der Waals surface area contributed by atoms with E-state index >= 15 is 0 Å². The Labute approximate surface area is 160 Å². The lowest BCUT2D eigenvalue weighted by Crippen LogP contribution is -2.34. The summed E-state index contributed by atoms with van der Waals surface area (Å²) >= 11 is 0. The highest BCUT2D eigenvalue weighted by Crippen LogP contribution is 2.18. The molecule has 1 fully saturated rings. The fourth-order valence-electron chi connectivity index (χ4n) is 3.56. The summed E-state index contributed by atoms with van der Waals surface area (Å²) in [6, 6.07) is 12.2. The van der Waals surface area contributed by atoms with Gasteiger partial charge in [-0.2, -0.15) is 5.10 Å². The Hall–Kier alpha value is -2.63. The maximum Gasteiger partial charge on any atom is 0.225 e. The second kappa shape index (κ2) is 8.84. The molecule has 2 amide bonds. The summed E-state index contributed by atoms with van der Waals surface area (Å²) in [5.41, 5.74) is 3.35. The number of likely N-dealkylation sites (tertiary alicyclic amines) is 1. The monoisotopic (exact) mass is 368 g/mol. The molecule has 1 aliphatic rings. The van der Waals surface area contributed by atoms with Crippen molar-refractivity contribution in [2.24, 2.45) is 5.92 Å². The van der Waals surface area contributed by atoms with Crippen molar-refractivity contribution >= 4 is 11.8 Å². The summed E-state index contributed by atoms with van der Waals surface area (Å²) in [5, 5.41) is 7.40. The number of nitrogens with one attached hydrogen (secondary N) is 1. The van der Waals surface area contributed by atoms with Crippen LogP contribution in [0.25, 0.3) is 0 Å². The van der Waals surface area contributed by atoms with Crippen LogP contribution >= 0.6 is 0 Å². The minimum atomic E-state index is -0.234. The standard InChI is InChI=1S/C21H28N4O2/c1-16-13-17(2)25(23-16)11-6-10-22-21(27)19-14-20(26)24(15-19)12-9-18-7-4-3-5-8-18/h3-5,7-8,13,19H,6,9-12,14-15H2,1-2H3,(H,22,27)/t19-/m1/s1. The molecule has 1 atom stereocenters. The van der Waals surface area contributed by atoms with Crippen LogP contribution in [0.1, 0.15) is 29.8 Å². The van der Waals surface area contributed by atoms with E-state index in [0.717, 1.165) is 30.8 Å². The molecule has 1 aromatic heterocycles. The minimum absolute atomic E-state index is 0.0149. The number of nitrogens with zero attached hydrogens (tertiary/aromatic N) is 3. The molecule has 1 aliphatic heterocycles. The molecule has 144 valence electrons. The lowest BCUT2D eigenvalue weighted by molar-refractivity contribution is -0.129. The quantitative estimate of drug-likeness (QED) is 0.726. The van der Waals surface area contributed by atoms with E-state index in [0.29, 0.717) is 26.1 Å². The third-order valence-electron chi connectivity index (χ3n) is 5.05. The summed E-state index contributed by atoms with van der Waals surface area (Å²) in [6.45, 7) is 6.59. The molecule has 0 aliphatic carbocycles. The molecule has 2 aromatic rings. The lowest BCUT2D eigenvalue weighted by atomic mass is 10.1. The van der Waals surface area contributed by atoms with Crippen molar-refractivity contribution in [2.75, 3.05) is 19.6 Å². The minimum Gasteiger partial charge on any atom is -0.356 e. The number of benzene rings is 1. The number of hydrogen-bond acceptors (Lipinski definition) is 3. The van der Waals surface area contributed by atoms with E-state index in [1.165, 1.54) is 5.56 Å². The van der Waals surface area contributed by atoms with E-state index in [1.807, 2.05) is 47.7 Å². The first-order valence-corrected chi connectivity index (χ1v) is 9.63. The van der Waals surface area contributed by atoms with Crippen LogP contribution in [-0.2, 0) is 22.6 Å². The van der Waals surface area contributed by atoms with Crippen LogP contribution in [0.5, 0.6) is 0 Å². The second-order valence-electron chi connectivity index (χ2n) is 7.27. The molecular weight excluding hydrogens is 340 g/mol. The fourth-order valence-corrected chi connectivity index (χ4v) is 3.56. The van der Waals surface area contributed by atoms with Gasteiger partial charge in [-0.3, -0.25) is 14.3 Å². The number of carbonyl (C=O) groups is 2. The van der Waals surface area contributed by atoms with Crippen molar-refractivity contribution in [1.29, 1.82) is 0 Å².